The first-order valence-electron chi connectivity index (χ1n) is 7.02. The van der Waals surface area contributed by atoms with E-state index in [9.17, 15) is 0 Å². The largest absolute Gasteiger partial charge is 0.370 e. The molecule has 1 aliphatic heterocycles. The summed E-state index contributed by atoms with van der Waals surface area (Å²) in [5.74, 6) is 0. The van der Waals surface area contributed by atoms with Gasteiger partial charge in [-0.1, -0.05) is 6.07 Å². The van der Waals surface area contributed by atoms with E-state index < -0.39 is 0 Å². The molecule has 1 saturated heterocycles. The second-order valence-corrected chi connectivity index (χ2v) is 5.21. The molecule has 3 rings (SSSR count). The van der Waals surface area contributed by atoms with Gasteiger partial charge in [0, 0.05) is 38.1 Å². The van der Waals surface area contributed by atoms with Crippen LogP contribution in [0.3, 0.4) is 0 Å². The Morgan fingerprint density at radius 2 is 2.25 bits per heavy atom. The molecule has 0 spiro atoms. The Labute approximate surface area is 119 Å². The van der Waals surface area contributed by atoms with Crippen LogP contribution in [-0.4, -0.2) is 27.4 Å². The number of aromatic nitrogens is 3. The van der Waals surface area contributed by atoms with Gasteiger partial charge in [0.1, 0.15) is 6.10 Å². The maximum atomic E-state index is 5.88. The molecule has 20 heavy (non-hydrogen) atoms. The Balaban J connectivity index is 1.72. The highest BCUT2D eigenvalue weighted by molar-refractivity contribution is 5.12. The van der Waals surface area contributed by atoms with Crippen LogP contribution in [0.1, 0.15) is 36.9 Å². The van der Waals surface area contributed by atoms with Gasteiger partial charge in [-0.05, 0) is 31.5 Å². The van der Waals surface area contributed by atoms with Gasteiger partial charge < -0.3 is 10.1 Å². The van der Waals surface area contributed by atoms with E-state index in [0.717, 1.165) is 24.4 Å². The van der Waals surface area contributed by atoms with Crippen molar-refractivity contribution in [3.63, 3.8) is 0 Å². The molecule has 2 aromatic rings. The topological polar surface area (TPSA) is 52.0 Å². The predicted molar refractivity (Wildman–Crippen MR) is 76.1 cm³/mol. The van der Waals surface area contributed by atoms with Gasteiger partial charge in [-0.3, -0.25) is 9.67 Å². The summed E-state index contributed by atoms with van der Waals surface area (Å²) in [6.07, 6.45) is 4.72. The van der Waals surface area contributed by atoms with E-state index in [1.807, 2.05) is 48.4 Å². The molecule has 1 N–H and O–H groups in total. The molecular weight excluding hydrogens is 252 g/mol. The van der Waals surface area contributed by atoms with E-state index in [2.05, 4.69) is 22.3 Å². The second kappa shape index (κ2) is 5.73. The van der Waals surface area contributed by atoms with E-state index in [1.165, 1.54) is 0 Å². The van der Waals surface area contributed by atoms with Gasteiger partial charge in [0.15, 0.2) is 0 Å². The van der Waals surface area contributed by atoms with Crippen LogP contribution in [0.5, 0.6) is 0 Å². The maximum Gasteiger partial charge on any atom is 0.114 e. The Morgan fingerprint density at radius 1 is 1.35 bits per heavy atom. The number of nitrogens with one attached hydrogen (secondary N) is 1. The van der Waals surface area contributed by atoms with Crippen molar-refractivity contribution in [1.82, 2.24) is 20.1 Å². The highest BCUT2D eigenvalue weighted by Gasteiger charge is 2.32. The smallest absolute Gasteiger partial charge is 0.114 e. The van der Waals surface area contributed by atoms with Gasteiger partial charge >= 0.3 is 0 Å². The normalized spacial score (nSPS) is 23.9. The van der Waals surface area contributed by atoms with Crippen molar-refractivity contribution >= 4 is 0 Å². The molecule has 1 aliphatic rings. The lowest BCUT2D eigenvalue weighted by atomic mass is 10.1. The molecule has 0 aromatic carbocycles. The van der Waals surface area contributed by atoms with Crippen LogP contribution in [0.25, 0.3) is 0 Å². The molecule has 1 fully saturated rings. The van der Waals surface area contributed by atoms with Crippen LogP contribution in [0, 0.1) is 0 Å². The number of nitrogens with zero attached hydrogens (tertiary/aromatic N) is 3. The molecule has 0 bridgehead atoms. The Hall–Kier alpha value is -1.72. The summed E-state index contributed by atoms with van der Waals surface area (Å²) in [5, 5.41) is 7.86. The standard InChI is InChI=1S/C15H20N4O/c1-11(12-5-3-4-8-16-12)18-13-7-10-20-15(13)14-6-9-17-19(14)2/h3-6,8-9,11,13,15,18H,7,10H2,1-2H3/t11-,13+,15+/m1/s1. The fourth-order valence-corrected chi connectivity index (χ4v) is 2.75. The molecule has 3 heterocycles. The third kappa shape index (κ3) is 2.59. The van der Waals surface area contributed by atoms with Gasteiger partial charge in [-0.25, -0.2) is 0 Å². The van der Waals surface area contributed by atoms with E-state index in [1.54, 1.807) is 0 Å². The zero-order valence-corrected chi connectivity index (χ0v) is 11.9. The maximum absolute atomic E-state index is 5.88. The van der Waals surface area contributed by atoms with Crippen molar-refractivity contribution in [2.24, 2.45) is 7.05 Å². The summed E-state index contributed by atoms with van der Waals surface area (Å²) < 4.78 is 7.77. The third-order valence-electron chi connectivity index (χ3n) is 3.84. The van der Waals surface area contributed by atoms with Crippen molar-refractivity contribution in [2.75, 3.05) is 6.61 Å². The first kappa shape index (κ1) is 13.3. The molecule has 0 aliphatic carbocycles. The first-order valence-corrected chi connectivity index (χ1v) is 7.02. The van der Waals surface area contributed by atoms with Crippen molar-refractivity contribution in [3.05, 3.63) is 48.0 Å². The number of pyridine rings is 1. The minimum Gasteiger partial charge on any atom is -0.370 e. The molecule has 0 radical (unpaired) electrons. The second-order valence-electron chi connectivity index (χ2n) is 5.21. The summed E-state index contributed by atoms with van der Waals surface area (Å²) >= 11 is 0. The van der Waals surface area contributed by atoms with Gasteiger partial charge in [0.2, 0.25) is 0 Å². The average molecular weight is 272 g/mol. The van der Waals surface area contributed by atoms with E-state index in [4.69, 9.17) is 4.74 Å². The van der Waals surface area contributed by atoms with Gasteiger partial charge in [0.05, 0.1) is 11.4 Å². The van der Waals surface area contributed by atoms with Crippen molar-refractivity contribution in [2.45, 2.75) is 31.5 Å². The lowest BCUT2D eigenvalue weighted by Gasteiger charge is -2.23. The molecule has 5 nitrogen and oxygen atoms in total. The van der Waals surface area contributed by atoms with E-state index >= 15 is 0 Å². The first-order chi connectivity index (χ1) is 9.75. The summed E-state index contributed by atoms with van der Waals surface area (Å²) in [7, 11) is 1.95. The lowest BCUT2D eigenvalue weighted by Crippen LogP contribution is -2.34. The van der Waals surface area contributed by atoms with Crippen LogP contribution in [0.15, 0.2) is 36.7 Å². The van der Waals surface area contributed by atoms with Crippen molar-refractivity contribution in [1.29, 1.82) is 0 Å². The number of aryl methyl sites for hydroxylation is 1. The number of ether oxygens (including phenoxy) is 1. The molecule has 5 heteroatoms. The van der Waals surface area contributed by atoms with Crippen LogP contribution >= 0.6 is 0 Å². The molecule has 2 aromatic heterocycles. The highest BCUT2D eigenvalue weighted by atomic mass is 16.5. The van der Waals surface area contributed by atoms with E-state index in [-0.39, 0.29) is 12.1 Å². The fraction of sp³-hybridized carbons (Fsp3) is 0.467. The van der Waals surface area contributed by atoms with Crippen molar-refractivity contribution in [3.8, 4) is 0 Å². The number of rotatable bonds is 4. The quantitative estimate of drug-likeness (QED) is 0.925. The third-order valence-corrected chi connectivity index (χ3v) is 3.84. The molecule has 106 valence electrons. The fourth-order valence-electron chi connectivity index (χ4n) is 2.75. The Morgan fingerprint density at radius 3 is 2.95 bits per heavy atom. The molecule has 0 saturated carbocycles. The van der Waals surface area contributed by atoms with Crippen LogP contribution in [0.4, 0.5) is 0 Å². The minimum atomic E-state index is 0.0636. The monoisotopic (exact) mass is 272 g/mol. The number of hydrogen-bond acceptors (Lipinski definition) is 4. The zero-order chi connectivity index (χ0) is 13.9. The van der Waals surface area contributed by atoms with Crippen LogP contribution < -0.4 is 5.32 Å². The molecular formula is C15H20N4O. The van der Waals surface area contributed by atoms with Crippen molar-refractivity contribution < 1.29 is 4.74 Å². The predicted octanol–water partition coefficient (Wildman–Crippen LogP) is 2.00. The Kier molecular flexibility index (Phi) is 3.80. The van der Waals surface area contributed by atoms with Crippen LogP contribution in [-0.2, 0) is 11.8 Å². The summed E-state index contributed by atoms with van der Waals surface area (Å²) in [5.41, 5.74) is 2.18. The number of hydrogen-bond donors (Lipinski definition) is 1. The summed E-state index contributed by atoms with van der Waals surface area (Å²) in [6, 6.07) is 8.53. The van der Waals surface area contributed by atoms with Gasteiger partial charge in [0.25, 0.3) is 0 Å². The van der Waals surface area contributed by atoms with Gasteiger partial charge in [-0.2, -0.15) is 5.10 Å². The molecule has 3 atom stereocenters. The molecule has 0 unspecified atom stereocenters. The average Bonchev–Trinajstić information content (AvgIpc) is 3.08. The summed E-state index contributed by atoms with van der Waals surface area (Å²) in [4.78, 5) is 4.41. The van der Waals surface area contributed by atoms with Gasteiger partial charge in [-0.15, -0.1) is 0 Å². The van der Waals surface area contributed by atoms with E-state index in [0.29, 0.717) is 6.04 Å². The minimum absolute atomic E-state index is 0.0636. The zero-order valence-electron chi connectivity index (χ0n) is 11.9. The lowest BCUT2D eigenvalue weighted by molar-refractivity contribution is 0.0901. The van der Waals surface area contributed by atoms with Crippen LogP contribution in [0.2, 0.25) is 0 Å². The highest BCUT2D eigenvalue weighted by Crippen LogP contribution is 2.30. The SMILES string of the molecule is C[C@@H](N[C@H]1CCO[C@@H]1c1ccnn1C)c1ccccn1. The summed E-state index contributed by atoms with van der Waals surface area (Å²) in [6.45, 7) is 2.92. The Bertz CT molecular complexity index is 554. The molecule has 0 amide bonds.